The topological polar surface area (TPSA) is 92.3 Å². The molecule has 4 amide bonds. The van der Waals surface area contributed by atoms with Crippen LogP contribution in [0, 0.1) is 45.3 Å². The molecular formula is C28H32N2O4. The number of carbonyl (C=O) groups is 4. The van der Waals surface area contributed by atoms with E-state index >= 15 is 0 Å². The highest BCUT2D eigenvalue weighted by molar-refractivity contribution is 6.10. The second-order valence-electron chi connectivity index (χ2n) is 11.5. The number of fused-ring (bicyclic) bond motifs is 10. The van der Waals surface area contributed by atoms with Gasteiger partial charge in [0.2, 0.25) is 23.6 Å². The largest absolute Gasteiger partial charge is 0.296 e. The van der Waals surface area contributed by atoms with Crippen LogP contribution in [0.4, 0.5) is 0 Å². The Morgan fingerprint density at radius 1 is 0.735 bits per heavy atom. The minimum absolute atomic E-state index is 0.0723. The van der Waals surface area contributed by atoms with Gasteiger partial charge < -0.3 is 0 Å². The van der Waals surface area contributed by atoms with Crippen molar-refractivity contribution in [2.45, 2.75) is 51.4 Å². The number of amides is 4. The van der Waals surface area contributed by atoms with Gasteiger partial charge in [0.25, 0.3) is 0 Å². The molecule has 0 aromatic rings. The average Bonchev–Trinajstić information content (AvgIpc) is 3.61. The Morgan fingerprint density at radius 3 is 1.53 bits per heavy atom. The fourth-order valence-electron chi connectivity index (χ4n) is 9.33. The Balaban J connectivity index is 1.38. The summed E-state index contributed by atoms with van der Waals surface area (Å²) in [5.41, 5.74) is -2.34. The SMILES string of the molecule is C=CCCC12C(=O)NC(=O)C1C1C=CC2(CCC23C=CC(C2)C2C(=O)NC(=O)C23CCC=C)C1. The van der Waals surface area contributed by atoms with Crippen LogP contribution in [0.25, 0.3) is 0 Å². The summed E-state index contributed by atoms with van der Waals surface area (Å²) in [5, 5.41) is 5.31. The third-order valence-corrected chi connectivity index (χ3v) is 10.6. The van der Waals surface area contributed by atoms with Gasteiger partial charge in [0.1, 0.15) is 0 Å². The van der Waals surface area contributed by atoms with Crippen LogP contribution in [0.15, 0.2) is 49.6 Å². The van der Waals surface area contributed by atoms with Crippen molar-refractivity contribution in [2.24, 2.45) is 45.3 Å². The second-order valence-corrected chi connectivity index (χ2v) is 11.5. The summed E-state index contributed by atoms with van der Waals surface area (Å²) in [6.45, 7) is 7.72. The number of imide groups is 2. The molecule has 0 spiro atoms. The minimum atomic E-state index is -0.754. The number of allylic oxidation sites excluding steroid dienone is 6. The molecule has 2 aliphatic heterocycles. The number of hydrogen-bond acceptors (Lipinski definition) is 4. The third-order valence-electron chi connectivity index (χ3n) is 10.6. The molecule has 2 saturated heterocycles. The van der Waals surface area contributed by atoms with E-state index in [1.165, 1.54) is 0 Å². The summed E-state index contributed by atoms with van der Waals surface area (Å²) < 4.78 is 0. The van der Waals surface area contributed by atoms with Crippen molar-refractivity contribution in [3.63, 3.8) is 0 Å². The Morgan fingerprint density at radius 2 is 1.15 bits per heavy atom. The molecular weight excluding hydrogens is 428 g/mol. The zero-order chi connectivity index (χ0) is 23.9. The smallest absolute Gasteiger partial charge is 0.234 e. The van der Waals surface area contributed by atoms with Gasteiger partial charge in [0.05, 0.1) is 22.7 Å². The molecule has 2 heterocycles. The maximum Gasteiger partial charge on any atom is 0.234 e. The van der Waals surface area contributed by atoms with Crippen molar-refractivity contribution < 1.29 is 19.2 Å². The molecule has 8 unspecified atom stereocenters. The summed E-state index contributed by atoms with van der Waals surface area (Å²) in [7, 11) is 0. The number of carbonyl (C=O) groups excluding carboxylic acids is 4. The quantitative estimate of drug-likeness (QED) is 0.408. The molecule has 0 radical (unpaired) electrons. The normalized spacial score (nSPS) is 46.7. The standard InChI is InChI=1S/C28H32N2O4/c1-3-5-9-27-19(21(31)29-23(27)33)17-7-11-25(27,15-17)13-14-26-12-8-18(16-26)20-22(32)30-24(34)28(20,26)10-6-4-2/h3-4,7-8,11-12,17-20H,1-2,5-6,9-10,13-16H2,(H,29,31,33)(H,30,32,34). The summed E-state index contributed by atoms with van der Waals surface area (Å²) >= 11 is 0. The van der Waals surface area contributed by atoms with Crippen LogP contribution in [0.3, 0.4) is 0 Å². The average molecular weight is 461 g/mol. The molecule has 2 N–H and O–H groups in total. The highest BCUT2D eigenvalue weighted by Crippen LogP contribution is 2.73. The summed E-state index contributed by atoms with van der Waals surface area (Å²) in [5.74, 6) is -1.08. The Hall–Kier alpha value is -2.76. The highest BCUT2D eigenvalue weighted by atomic mass is 16.2. The van der Waals surface area contributed by atoms with E-state index in [0.29, 0.717) is 25.7 Å². The van der Waals surface area contributed by atoms with Crippen molar-refractivity contribution in [2.75, 3.05) is 0 Å². The van der Waals surface area contributed by atoms with Crippen LogP contribution in [0.1, 0.15) is 51.4 Å². The molecule has 6 nitrogen and oxygen atoms in total. The monoisotopic (exact) mass is 460 g/mol. The molecule has 4 aliphatic carbocycles. The van der Waals surface area contributed by atoms with Gasteiger partial charge in [-0.05, 0) is 63.2 Å². The van der Waals surface area contributed by atoms with Crippen LogP contribution < -0.4 is 10.6 Å². The third kappa shape index (κ3) is 2.23. The van der Waals surface area contributed by atoms with E-state index in [1.54, 1.807) is 0 Å². The van der Waals surface area contributed by atoms with Gasteiger partial charge in [-0.3, -0.25) is 29.8 Å². The number of hydrogen-bond donors (Lipinski definition) is 2. The molecule has 8 atom stereocenters. The zero-order valence-electron chi connectivity index (χ0n) is 19.5. The van der Waals surface area contributed by atoms with Crippen LogP contribution in [-0.2, 0) is 19.2 Å². The molecule has 4 fully saturated rings. The zero-order valence-corrected chi connectivity index (χ0v) is 19.5. The predicted molar refractivity (Wildman–Crippen MR) is 126 cm³/mol. The molecule has 0 aromatic heterocycles. The van der Waals surface area contributed by atoms with Crippen molar-refractivity contribution in [3.8, 4) is 0 Å². The first-order valence-electron chi connectivity index (χ1n) is 12.6. The van der Waals surface area contributed by atoms with Crippen molar-refractivity contribution in [1.29, 1.82) is 0 Å². The lowest BCUT2D eigenvalue weighted by Gasteiger charge is -2.47. The fourth-order valence-corrected chi connectivity index (χ4v) is 9.33. The maximum absolute atomic E-state index is 13.4. The van der Waals surface area contributed by atoms with Gasteiger partial charge >= 0.3 is 0 Å². The van der Waals surface area contributed by atoms with Crippen molar-refractivity contribution >= 4 is 23.6 Å². The summed E-state index contributed by atoms with van der Waals surface area (Å²) in [6, 6.07) is 0. The summed E-state index contributed by atoms with van der Waals surface area (Å²) in [4.78, 5) is 52.5. The van der Waals surface area contributed by atoms with Gasteiger partial charge in [0, 0.05) is 10.8 Å². The van der Waals surface area contributed by atoms with Gasteiger partial charge in [-0.1, -0.05) is 36.5 Å². The first-order chi connectivity index (χ1) is 16.3. The second kappa shape index (κ2) is 6.89. The van der Waals surface area contributed by atoms with E-state index in [2.05, 4.69) is 48.1 Å². The van der Waals surface area contributed by atoms with Crippen LogP contribution in [0.5, 0.6) is 0 Å². The van der Waals surface area contributed by atoms with Crippen LogP contribution in [0.2, 0.25) is 0 Å². The number of rotatable bonds is 9. The van der Waals surface area contributed by atoms with E-state index in [0.717, 1.165) is 25.7 Å². The van der Waals surface area contributed by atoms with Gasteiger partial charge in [0.15, 0.2) is 0 Å². The Bertz CT molecular complexity index is 1020. The lowest BCUT2D eigenvalue weighted by molar-refractivity contribution is -0.137. The highest BCUT2D eigenvalue weighted by Gasteiger charge is 2.76. The molecule has 178 valence electrons. The minimum Gasteiger partial charge on any atom is -0.296 e. The molecule has 6 aliphatic rings. The van der Waals surface area contributed by atoms with Gasteiger partial charge in [-0.15, -0.1) is 13.2 Å². The number of nitrogens with one attached hydrogen (secondary N) is 2. The van der Waals surface area contributed by atoms with Gasteiger partial charge in [-0.2, -0.15) is 0 Å². The first-order valence-corrected chi connectivity index (χ1v) is 12.6. The molecule has 34 heavy (non-hydrogen) atoms. The fraction of sp³-hybridized carbons (Fsp3) is 0.571. The van der Waals surface area contributed by atoms with E-state index in [1.807, 2.05) is 12.2 Å². The van der Waals surface area contributed by atoms with Crippen molar-refractivity contribution in [1.82, 2.24) is 10.6 Å². The Kier molecular flexibility index (Phi) is 4.41. The molecule has 2 saturated carbocycles. The first kappa shape index (κ1) is 21.8. The Labute approximate surface area is 200 Å². The predicted octanol–water partition coefficient (Wildman–Crippen LogP) is 3.37. The van der Waals surface area contributed by atoms with Crippen molar-refractivity contribution in [3.05, 3.63) is 49.6 Å². The molecule has 6 heteroatoms. The summed E-state index contributed by atoms with van der Waals surface area (Å²) in [6.07, 6.45) is 17.9. The molecule has 0 aromatic carbocycles. The van der Waals surface area contributed by atoms with Crippen LogP contribution >= 0.6 is 0 Å². The lowest BCUT2D eigenvalue weighted by atomic mass is 9.53. The lowest BCUT2D eigenvalue weighted by Crippen LogP contribution is -2.49. The van der Waals surface area contributed by atoms with Crippen LogP contribution in [-0.4, -0.2) is 23.6 Å². The molecule has 4 bridgehead atoms. The van der Waals surface area contributed by atoms with Gasteiger partial charge in [-0.25, -0.2) is 0 Å². The van der Waals surface area contributed by atoms with E-state index in [-0.39, 0.29) is 47.3 Å². The molecule has 6 rings (SSSR count). The van der Waals surface area contributed by atoms with E-state index in [9.17, 15) is 19.2 Å². The van der Waals surface area contributed by atoms with E-state index < -0.39 is 21.7 Å². The van der Waals surface area contributed by atoms with E-state index in [4.69, 9.17) is 0 Å². The maximum atomic E-state index is 13.4.